The van der Waals surface area contributed by atoms with E-state index in [1.54, 1.807) is 17.0 Å². The Balaban J connectivity index is 1.14. The van der Waals surface area contributed by atoms with E-state index in [0.717, 1.165) is 51.3 Å². The number of hydrogen-bond donors (Lipinski definition) is 1. The number of H-pyrrole nitrogens is 1. The van der Waals surface area contributed by atoms with E-state index in [1.807, 2.05) is 24.3 Å². The molecule has 2 aliphatic rings. The number of ether oxygens (including phenoxy) is 2. The first-order valence-electron chi connectivity index (χ1n) is 12.1. The van der Waals surface area contributed by atoms with Gasteiger partial charge in [0, 0.05) is 32.6 Å². The van der Waals surface area contributed by atoms with Gasteiger partial charge in [0.15, 0.2) is 12.4 Å². The molecule has 1 aromatic heterocycles. The Morgan fingerprint density at radius 2 is 1.80 bits per heavy atom. The fourth-order valence-electron chi connectivity index (χ4n) is 4.60. The number of nitrogens with one attached hydrogen (secondary N) is 1. The molecule has 1 N–H and O–H groups in total. The number of likely N-dealkylation sites (tertiary alicyclic amines) is 1. The number of rotatable bonds is 8. The van der Waals surface area contributed by atoms with Gasteiger partial charge in [-0.3, -0.25) is 14.8 Å². The van der Waals surface area contributed by atoms with E-state index in [9.17, 15) is 9.18 Å². The molecule has 0 bridgehead atoms. The highest BCUT2D eigenvalue weighted by Gasteiger charge is 2.33. The second kappa shape index (κ2) is 11.0. The Morgan fingerprint density at radius 3 is 2.57 bits per heavy atom. The Morgan fingerprint density at radius 1 is 1.06 bits per heavy atom. The maximum Gasteiger partial charge on any atom is 0.261 e. The van der Waals surface area contributed by atoms with E-state index in [0.29, 0.717) is 30.4 Å². The fraction of sp³-hybridized carbons (Fsp3) is 0.423. The number of amides is 1. The van der Waals surface area contributed by atoms with Gasteiger partial charge in [0.2, 0.25) is 0 Å². The predicted octanol–water partition coefficient (Wildman–Crippen LogP) is 3.11. The van der Waals surface area contributed by atoms with Crippen LogP contribution in [-0.4, -0.2) is 70.3 Å². The molecule has 2 saturated heterocycles. The third kappa shape index (κ3) is 6.04. The van der Waals surface area contributed by atoms with Crippen molar-refractivity contribution in [3.63, 3.8) is 0 Å². The van der Waals surface area contributed by atoms with Crippen molar-refractivity contribution < 1.29 is 18.7 Å². The maximum absolute atomic E-state index is 13.1. The average Bonchev–Trinajstić information content (AvgIpc) is 3.55. The van der Waals surface area contributed by atoms with Crippen LogP contribution in [0.4, 0.5) is 4.39 Å². The van der Waals surface area contributed by atoms with E-state index in [-0.39, 0.29) is 24.4 Å². The number of nitrogens with zero attached hydrogens (tertiary/aromatic N) is 4. The Kier molecular flexibility index (Phi) is 7.34. The molecule has 5 rings (SSSR count). The molecule has 8 nitrogen and oxygen atoms in total. The standard InChI is InChI=1S/C26H30FN5O3/c27-21-7-3-19(4-8-21)16-24-28-26(30-29-24)23-2-1-11-32(23)25(33)18-35-22-9-5-20(6-10-22)17-31-12-14-34-15-13-31/h3-10,23H,1-2,11-18H2,(H,28,29,30). The number of aromatic amines is 1. The third-order valence-electron chi connectivity index (χ3n) is 6.50. The summed E-state index contributed by atoms with van der Waals surface area (Å²) >= 11 is 0. The normalized spacial score (nSPS) is 18.7. The molecule has 3 aromatic rings. The minimum Gasteiger partial charge on any atom is -0.484 e. The van der Waals surface area contributed by atoms with Gasteiger partial charge in [0.1, 0.15) is 17.4 Å². The number of halogens is 1. The fourth-order valence-corrected chi connectivity index (χ4v) is 4.60. The van der Waals surface area contributed by atoms with E-state index in [1.165, 1.54) is 17.7 Å². The Labute approximate surface area is 204 Å². The van der Waals surface area contributed by atoms with Crippen LogP contribution < -0.4 is 4.74 Å². The van der Waals surface area contributed by atoms with Crippen LogP contribution in [-0.2, 0) is 22.5 Å². The van der Waals surface area contributed by atoms with Crippen molar-refractivity contribution in [2.45, 2.75) is 31.8 Å². The van der Waals surface area contributed by atoms with Crippen molar-refractivity contribution in [2.75, 3.05) is 39.5 Å². The zero-order valence-corrected chi connectivity index (χ0v) is 19.7. The van der Waals surface area contributed by atoms with Crippen LogP contribution in [0.2, 0.25) is 0 Å². The zero-order valence-electron chi connectivity index (χ0n) is 19.7. The molecule has 9 heteroatoms. The van der Waals surface area contributed by atoms with Crippen molar-refractivity contribution in [3.8, 4) is 5.75 Å². The van der Waals surface area contributed by atoms with Crippen molar-refractivity contribution in [3.05, 3.63) is 77.1 Å². The molecule has 2 fully saturated rings. The molecule has 184 valence electrons. The first-order valence-corrected chi connectivity index (χ1v) is 12.1. The van der Waals surface area contributed by atoms with Gasteiger partial charge < -0.3 is 14.4 Å². The van der Waals surface area contributed by atoms with Gasteiger partial charge in [-0.1, -0.05) is 24.3 Å². The molecule has 1 atom stereocenters. The van der Waals surface area contributed by atoms with Crippen molar-refractivity contribution in [2.24, 2.45) is 0 Å². The summed E-state index contributed by atoms with van der Waals surface area (Å²) < 4.78 is 24.3. The molecular formula is C26H30FN5O3. The van der Waals surface area contributed by atoms with E-state index in [2.05, 4.69) is 20.1 Å². The summed E-state index contributed by atoms with van der Waals surface area (Å²) in [7, 11) is 0. The zero-order chi connectivity index (χ0) is 24.0. The van der Waals surface area contributed by atoms with Crippen LogP contribution in [0.25, 0.3) is 0 Å². The molecule has 1 unspecified atom stereocenters. The number of morpholine rings is 1. The predicted molar refractivity (Wildman–Crippen MR) is 127 cm³/mol. The van der Waals surface area contributed by atoms with Gasteiger partial charge in [-0.2, -0.15) is 5.10 Å². The monoisotopic (exact) mass is 479 g/mol. The SMILES string of the molecule is O=C(COc1ccc(CN2CCOCC2)cc1)N1CCCC1c1n[nH]c(Cc2ccc(F)cc2)n1. The molecule has 0 aliphatic carbocycles. The molecular weight excluding hydrogens is 449 g/mol. The molecule has 1 amide bonds. The lowest BCUT2D eigenvalue weighted by Crippen LogP contribution is -2.35. The molecule has 35 heavy (non-hydrogen) atoms. The third-order valence-corrected chi connectivity index (χ3v) is 6.50. The summed E-state index contributed by atoms with van der Waals surface area (Å²) in [5.41, 5.74) is 2.16. The maximum atomic E-state index is 13.1. The molecule has 0 saturated carbocycles. The van der Waals surface area contributed by atoms with Crippen LogP contribution in [0.15, 0.2) is 48.5 Å². The quantitative estimate of drug-likeness (QED) is 0.535. The molecule has 2 aliphatic heterocycles. The lowest BCUT2D eigenvalue weighted by Gasteiger charge is -2.26. The number of carbonyl (C=O) groups excluding carboxylic acids is 1. The first kappa shape index (κ1) is 23.4. The van der Waals surface area contributed by atoms with Gasteiger partial charge >= 0.3 is 0 Å². The second-order valence-corrected chi connectivity index (χ2v) is 9.01. The topological polar surface area (TPSA) is 83.6 Å². The highest BCUT2D eigenvalue weighted by atomic mass is 19.1. The molecule has 2 aromatic carbocycles. The van der Waals surface area contributed by atoms with Crippen molar-refractivity contribution in [1.29, 1.82) is 0 Å². The van der Waals surface area contributed by atoms with Crippen molar-refractivity contribution >= 4 is 5.91 Å². The Bertz CT molecular complexity index is 1110. The minimum absolute atomic E-state index is 0.0217. The molecule has 0 radical (unpaired) electrons. The number of carbonyl (C=O) groups is 1. The first-order chi connectivity index (χ1) is 17.1. The van der Waals surface area contributed by atoms with Crippen LogP contribution >= 0.6 is 0 Å². The summed E-state index contributed by atoms with van der Waals surface area (Å²) in [6, 6.07) is 14.1. The smallest absolute Gasteiger partial charge is 0.261 e. The largest absolute Gasteiger partial charge is 0.484 e. The Hall–Kier alpha value is -3.30. The highest BCUT2D eigenvalue weighted by Crippen LogP contribution is 2.30. The van der Waals surface area contributed by atoms with E-state index >= 15 is 0 Å². The lowest BCUT2D eigenvalue weighted by atomic mass is 10.1. The van der Waals surface area contributed by atoms with Crippen LogP contribution in [0.1, 0.15) is 41.7 Å². The number of hydrogen-bond acceptors (Lipinski definition) is 6. The van der Waals surface area contributed by atoms with Crippen LogP contribution in [0, 0.1) is 5.82 Å². The van der Waals surface area contributed by atoms with E-state index in [4.69, 9.17) is 9.47 Å². The average molecular weight is 480 g/mol. The summed E-state index contributed by atoms with van der Waals surface area (Å²) in [4.78, 5) is 21.7. The number of aromatic nitrogens is 3. The summed E-state index contributed by atoms with van der Waals surface area (Å²) in [5.74, 6) is 1.65. The summed E-state index contributed by atoms with van der Waals surface area (Å²) in [6.45, 7) is 4.98. The van der Waals surface area contributed by atoms with E-state index < -0.39 is 0 Å². The van der Waals surface area contributed by atoms with Gasteiger partial charge in [-0.15, -0.1) is 0 Å². The highest BCUT2D eigenvalue weighted by molar-refractivity contribution is 5.78. The summed E-state index contributed by atoms with van der Waals surface area (Å²) in [5, 5.41) is 7.33. The number of benzene rings is 2. The lowest BCUT2D eigenvalue weighted by molar-refractivity contribution is -0.134. The van der Waals surface area contributed by atoms with Crippen molar-refractivity contribution in [1.82, 2.24) is 25.0 Å². The second-order valence-electron chi connectivity index (χ2n) is 9.01. The summed E-state index contributed by atoms with van der Waals surface area (Å²) in [6.07, 6.45) is 2.24. The minimum atomic E-state index is -0.265. The molecule has 0 spiro atoms. The molecule has 3 heterocycles. The van der Waals surface area contributed by atoms with Gasteiger partial charge in [0.05, 0.1) is 19.3 Å². The van der Waals surface area contributed by atoms with Gasteiger partial charge in [-0.25, -0.2) is 9.37 Å². The van der Waals surface area contributed by atoms with Gasteiger partial charge in [-0.05, 0) is 48.2 Å². The van der Waals surface area contributed by atoms with Crippen LogP contribution in [0.5, 0.6) is 5.75 Å². The van der Waals surface area contributed by atoms with Crippen LogP contribution in [0.3, 0.4) is 0 Å². The van der Waals surface area contributed by atoms with Gasteiger partial charge in [0.25, 0.3) is 5.91 Å².